The van der Waals surface area contributed by atoms with Crippen LogP contribution in [0.15, 0.2) is 29.2 Å². The third kappa shape index (κ3) is 2.59. The fourth-order valence-corrected chi connectivity index (χ4v) is 5.05. The molecule has 1 aliphatic heterocycles. The summed E-state index contributed by atoms with van der Waals surface area (Å²) in [6.07, 6.45) is 3.21. The van der Waals surface area contributed by atoms with Crippen molar-refractivity contribution in [3.05, 3.63) is 29.8 Å². The smallest absolute Gasteiger partial charge is 0.243 e. The molecule has 22 heavy (non-hydrogen) atoms. The average Bonchev–Trinajstić information content (AvgIpc) is 2.53. The molecule has 1 aromatic rings. The summed E-state index contributed by atoms with van der Waals surface area (Å²) in [6, 6.07) is 7.23. The number of aliphatic hydroxyl groups excluding tert-OH is 1. The molecular formula is C17H25NO3S. The molecule has 3 rings (SSSR count). The summed E-state index contributed by atoms with van der Waals surface area (Å²) in [4.78, 5) is 0.377. The summed E-state index contributed by atoms with van der Waals surface area (Å²) >= 11 is 0. The second kappa shape index (κ2) is 5.62. The predicted octanol–water partition coefficient (Wildman–Crippen LogP) is 2.74. The molecule has 1 atom stereocenters. The van der Waals surface area contributed by atoms with Crippen molar-refractivity contribution >= 4 is 10.0 Å². The van der Waals surface area contributed by atoms with Crippen molar-refractivity contribution in [2.75, 3.05) is 13.1 Å². The van der Waals surface area contributed by atoms with Gasteiger partial charge in [-0.1, -0.05) is 26.0 Å². The van der Waals surface area contributed by atoms with Gasteiger partial charge < -0.3 is 5.11 Å². The van der Waals surface area contributed by atoms with Crippen LogP contribution >= 0.6 is 0 Å². The highest BCUT2D eigenvalue weighted by Crippen LogP contribution is 2.49. The number of rotatable bonds is 3. The van der Waals surface area contributed by atoms with Crippen LogP contribution < -0.4 is 0 Å². The van der Waals surface area contributed by atoms with Crippen LogP contribution in [-0.2, 0) is 10.0 Å². The first-order chi connectivity index (χ1) is 10.3. The zero-order valence-corrected chi connectivity index (χ0v) is 14.1. The van der Waals surface area contributed by atoms with Gasteiger partial charge in [0.05, 0.1) is 11.0 Å². The molecular weight excluding hydrogens is 298 g/mol. The zero-order chi connectivity index (χ0) is 16.0. The van der Waals surface area contributed by atoms with Crippen LogP contribution in [0.2, 0.25) is 0 Å². The Morgan fingerprint density at radius 1 is 1.14 bits per heavy atom. The quantitative estimate of drug-likeness (QED) is 0.930. The van der Waals surface area contributed by atoms with E-state index in [-0.39, 0.29) is 11.5 Å². The van der Waals surface area contributed by atoms with Gasteiger partial charge in [-0.2, -0.15) is 4.31 Å². The maximum atomic E-state index is 12.7. The number of benzene rings is 1. The Kier molecular flexibility index (Phi) is 4.08. The summed E-state index contributed by atoms with van der Waals surface area (Å²) in [6.45, 7) is 5.23. The van der Waals surface area contributed by atoms with E-state index in [9.17, 15) is 13.5 Å². The Balaban J connectivity index is 1.73. The number of hydrogen-bond donors (Lipinski definition) is 1. The molecule has 1 spiro atoms. The van der Waals surface area contributed by atoms with E-state index < -0.39 is 10.0 Å². The second-order valence-electron chi connectivity index (χ2n) is 7.04. The maximum absolute atomic E-state index is 12.7. The third-order valence-electron chi connectivity index (χ3n) is 5.53. The maximum Gasteiger partial charge on any atom is 0.243 e. The van der Waals surface area contributed by atoms with E-state index in [0.29, 0.717) is 23.9 Å². The van der Waals surface area contributed by atoms with Crippen LogP contribution in [0.5, 0.6) is 0 Å². The highest BCUT2D eigenvalue weighted by Gasteiger charge is 2.48. The molecule has 2 aliphatic rings. The molecule has 0 radical (unpaired) electrons. The number of aliphatic hydroxyl groups is 1. The largest absolute Gasteiger partial charge is 0.393 e. The molecule has 0 aromatic heterocycles. The predicted molar refractivity (Wildman–Crippen MR) is 86.2 cm³/mol. The SMILES string of the molecule is CC(C)c1ccc(S(=O)(=O)N2CCC3(CCC3O)CC2)cc1. The van der Waals surface area contributed by atoms with Gasteiger partial charge in [0, 0.05) is 13.1 Å². The number of hydrogen-bond acceptors (Lipinski definition) is 3. The number of piperidine rings is 1. The van der Waals surface area contributed by atoms with Crippen LogP contribution in [-0.4, -0.2) is 37.0 Å². The van der Waals surface area contributed by atoms with Crippen LogP contribution in [0.3, 0.4) is 0 Å². The first kappa shape index (κ1) is 16.0. The average molecular weight is 323 g/mol. The lowest BCUT2D eigenvalue weighted by Crippen LogP contribution is -2.53. The van der Waals surface area contributed by atoms with Gasteiger partial charge in [-0.05, 0) is 54.7 Å². The van der Waals surface area contributed by atoms with Crippen molar-refractivity contribution in [3.63, 3.8) is 0 Å². The summed E-state index contributed by atoms with van der Waals surface area (Å²) in [7, 11) is -3.40. The molecule has 1 saturated carbocycles. The molecule has 2 fully saturated rings. The number of sulfonamides is 1. The van der Waals surface area contributed by atoms with Crippen LogP contribution in [0.25, 0.3) is 0 Å². The van der Waals surface area contributed by atoms with Gasteiger partial charge in [0.1, 0.15) is 0 Å². The van der Waals surface area contributed by atoms with Crippen molar-refractivity contribution in [1.29, 1.82) is 0 Å². The van der Waals surface area contributed by atoms with E-state index in [0.717, 1.165) is 31.2 Å². The Bertz CT molecular complexity index is 628. The molecule has 1 unspecified atom stereocenters. The lowest BCUT2D eigenvalue weighted by atomic mass is 9.61. The Hall–Kier alpha value is -0.910. The van der Waals surface area contributed by atoms with E-state index in [4.69, 9.17) is 0 Å². The Labute approximate surface area is 133 Å². The Morgan fingerprint density at radius 2 is 1.73 bits per heavy atom. The molecule has 1 aliphatic carbocycles. The first-order valence-corrected chi connectivity index (χ1v) is 9.57. The minimum absolute atomic E-state index is 0.00643. The van der Waals surface area contributed by atoms with E-state index in [1.54, 1.807) is 16.4 Å². The molecule has 0 amide bonds. The highest BCUT2D eigenvalue weighted by atomic mass is 32.2. The van der Waals surface area contributed by atoms with Crippen LogP contribution in [0.1, 0.15) is 51.0 Å². The first-order valence-electron chi connectivity index (χ1n) is 8.13. The monoisotopic (exact) mass is 323 g/mol. The van der Waals surface area contributed by atoms with Gasteiger partial charge in [-0.3, -0.25) is 0 Å². The van der Waals surface area contributed by atoms with Crippen molar-refractivity contribution in [1.82, 2.24) is 4.31 Å². The van der Waals surface area contributed by atoms with Crippen molar-refractivity contribution in [2.24, 2.45) is 5.41 Å². The fraction of sp³-hybridized carbons (Fsp3) is 0.647. The third-order valence-corrected chi connectivity index (χ3v) is 7.44. The molecule has 122 valence electrons. The Morgan fingerprint density at radius 3 is 2.14 bits per heavy atom. The summed E-state index contributed by atoms with van der Waals surface area (Å²) in [5, 5.41) is 9.94. The molecule has 4 nitrogen and oxygen atoms in total. The second-order valence-corrected chi connectivity index (χ2v) is 8.98. The van der Waals surface area contributed by atoms with E-state index in [2.05, 4.69) is 13.8 Å². The van der Waals surface area contributed by atoms with E-state index in [1.807, 2.05) is 12.1 Å². The summed E-state index contributed by atoms with van der Waals surface area (Å²) in [5.74, 6) is 0.395. The van der Waals surface area contributed by atoms with Gasteiger partial charge in [0.15, 0.2) is 0 Å². The number of nitrogens with zero attached hydrogens (tertiary/aromatic N) is 1. The van der Waals surface area contributed by atoms with E-state index >= 15 is 0 Å². The zero-order valence-electron chi connectivity index (χ0n) is 13.3. The highest BCUT2D eigenvalue weighted by molar-refractivity contribution is 7.89. The van der Waals surface area contributed by atoms with Gasteiger partial charge in [0.2, 0.25) is 10.0 Å². The lowest BCUT2D eigenvalue weighted by Gasteiger charge is -2.51. The molecule has 1 aromatic carbocycles. The normalized spacial score (nSPS) is 25.4. The van der Waals surface area contributed by atoms with Gasteiger partial charge in [0.25, 0.3) is 0 Å². The van der Waals surface area contributed by atoms with Crippen LogP contribution in [0, 0.1) is 5.41 Å². The topological polar surface area (TPSA) is 57.6 Å². The van der Waals surface area contributed by atoms with Gasteiger partial charge >= 0.3 is 0 Å². The molecule has 5 heteroatoms. The van der Waals surface area contributed by atoms with E-state index in [1.165, 1.54) is 0 Å². The minimum atomic E-state index is -3.40. The summed E-state index contributed by atoms with van der Waals surface area (Å²) in [5.41, 5.74) is 1.14. The van der Waals surface area contributed by atoms with Gasteiger partial charge in [-0.25, -0.2) is 8.42 Å². The minimum Gasteiger partial charge on any atom is -0.393 e. The standard InChI is InChI=1S/C17H25NO3S/c1-13(2)14-3-5-15(6-4-14)22(20,21)18-11-9-17(10-12-18)8-7-16(17)19/h3-6,13,16,19H,7-12H2,1-2H3. The van der Waals surface area contributed by atoms with Crippen LogP contribution in [0.4, 0.5) is 0 Å². The van der Waals surface area contributed by atoms with Crippen molar-refractivity contribution in [2.45, 2.75) is 56.4 Å². The van der Waals surface area contributed by atoms with Gasteiger partial charge in [-0.15, -0.1) is 0 Å². The summed E-state index contributed by atoms with van der Waals surface area (Å²) < 4.78 is 27.0. The molecule has 1 N–H and O–H groups in total. The molecule has 1 heterocycles. The molecule has 0 bridgehead atoms. The van der Waals surface area contributed by atoms with Crippen molar-refractivity contribution < 1.29 is 13.5 Å². The fourth-order valence-electron chi connectivity index (χ4n) is 3.61. The lowest BCUT2D eigenvalue weighted by molar-refractivity contribution is -0.0911. The molecule has 1 saturated heterocycles. The van der Waals surface area contributed by atoms with Crippen molar-refractivity contribution in [3.8, 4) is 0 Å².